The van der Waals surface area contributed by atoms with Crippen molar-refractivity contribution < 1.29 is 14.6 Å². The van der Waals surface area contributed by atoms with Crippen LogP contribution in [0.1, 0.15) is 58.3 Å². The number of aryl methyl sites for hydroxylation is 1. The Balaban J connectivity index is 2.28. The number of aromatic hydroxyl groups is 1. The maximum atomic E-state index is 12.0. The molecule has 0 aliphatic carbocycles. The molecule has 0 amide bonds. The van der Waals surface area contributed by atoms with Gasteiger partial charge in [0.1, 0.15) is 6.54 Å². The lowest BCUT2D eigenvalue weighted by molar-refractivity contribution is -0.144. The van der Waals surface area contributed by atoms with Crippen molar-refractivity contribution in [2.75, 3.05) is 6.61 Å². The van der Waals surface area contributed by atoms with Gasteiger partial charge in [0.25, 0.3) is 0 Å². The Hall–Kier alpha value is -2.23. The molecule has 25 heavy (non-hydrogen) atoms. The highest BCUT2D eigenvalue weighted by atomic mass is 16.5. The molecule has 1 aromatic heterocycles. The number of unbranched alkanes of at least 4 members (excludes halogenated alkanes) is 7. The maximum Gasteiger partial charge on any atom is 0.392 e. The first-order valence-corrected chi connectivity index (χ1v) is 8.99. The van der Waals surface area contributed by atoms with E-state index in [2.05, 4.69) is 11.8 Å². The van der Waals surface area contributed by atoms with E-state index in [9.17, 15) is 14.7 Å². The lowest BCUT2D eigenvalue weighted by atomic mass is 10.1. The summed E-state index contributed by atoms with van der Waals surface area (Å²) < 4.78 is 7.34. The SMILES string of the molecule is [C-]#[N+]C(Cn1c(O)cn(C)c1=O)C(=O)OCCCCCCCCCC. The summed E-state index contributed by atoms with van der Waals surface area (Å²) in [5.41, 5.74) is -0.470. The zero-order valence-electron chi connectivity index (χ0n) is 15.2. The Labute approximate surface area is 149 Å². The number of esters is 1. The quantitative estimate of drug-likeness (QED) is 0.357. The highest BCUT2D eigenvalue weighted by Gasteiger charge is 2.28. The Kier molecular flexibility index (Phi) is 9.45. The van der Waals surface area contributed by atoms with E-state index < -0.39 is 17.7 Å². The van der Waals surface area contributed by atoms with Crippen LogP contribution in [-0.4, -0.2) is 32.9 Å². The molecule has 0 saturated heterocycles. The summed E-state index contributed by atoms with van der Waals surface area (Å²) in [4.78, 5) is 27.0. The summed E-state index contributed by atoms with van der Waals surface area (Å²) in [5, 5.41) is 9.68. The van der Waals surface area contributed by atoms with E-state index in [4.69, 9.17) is 11.3 Å². The van der Waals surface area contributed by atoms with E-state index in [0.29, 0.717) is 0 Å². The van der Waals surface area contributed by atoms with E-state index in [-0.39, 0.29) is 19.0 Å². The number of ether oxygens (including phenoxy) is 1. The zero-order chi connectivity index (χ0) is 18.7. The minimum absolute atomic E-state index is 0.203. The Bertz CT molecular complexity index is 627. The lowest BCUT2D eigenvalue weighted by Gasteiger charge is -2.08. The third kappa shape index (κ3) is 7.04. The molecule has 7 heteroatoms. The van der Waals surface area contributed by atoms with Crippen molar-refractivity contribution in [2.45, 2.75) is 70.9 Å². The largest absolute Gasteiger partial charge is 0.493 e. The second-order valence-corrected chi connectivity index (χ2v) is 6.28. The van der Waals surface area contributed by atoms with Crippen molar-refractivity contribution in [3.63, 3.8) is 0 Å². The molecule has 0 radical (unpaired) electrons. The molecule has 1 rings (SSSR count). The first kappa shape index (κ1) is 20.8. The third-order valence-corrected chi connectivity index (χ3v) is 4.14. The zero-order valence-corrected chi connectivity index (χ0v) is 15.2. The summed E-state index contributed by atoms with van der Waals surface area (Å²) in [6.45, 7) is 9.41. The van der Waals surface area contributed by atoms with Gasteiger partial charge in [-0.3, -0.25) is 14.0 Å². The minimum Gasteiger partial charge on any atom is -0.493 e. The Morgan fingerprint density at radius 3 is 2.36 bits per heavy atom. The second kappa shape index (κ2) is 11.3. The van der Waals surface area contributed by atoms with Crippen LogP contribution >= 0.6 is 0 Å². The number of carbonyl (C=O) groups is 1. The van der Waals surface area contributed by atoms with Gasteiger partial charge in [0.05, 0.1) is 12.8 Å². The topological polar surface area (TPSA) is 77.8 Å². The molecule has 0 saturated carbocycles. The van der Waals surface area contributed by atoms with Crippen molar-refractivity contribution in [2.24, 2.45) is 7.05 Å². The summed E-state index contributed by atoms with van der Waals surface area (Å²) in [5.74, 6) is -0.912. The Morgan fingerprint density at radius 2 is 1.84 bits per heavy atom. The molecule has 1 heterocycles. The molecule has 1 N–H and O–H groups in total. The number of rotatable bonds is 12. The molecular formula is C18H29N3O4. The van der Waals surface area contributed by atoms with Crippen molar-refractivity contribution >= 4 is 5.97 Å². The predicted octanol–water partition coefficient (Wildman–Crippen LogP) is 2.86. The molecule has 0 fully saturated rings. The second-order valence-electron chi connectivity index (χ2n) is 6.28. The van der Waals surface area contributed by atoms with Gasteiger partial charge in [-0.05, 0) is 6.42 Å². The van der Waals surface area contributed by atoms with Gasteiger partial charge in [0.2, 0.25) is 5.88 Å². The fourth-order valence-corrected chi connectivity index (χ4v) is 2.60. The van der Waals surface area contributed by atoms with Crippen LogP contribution in [0.15, 0.2) is 11.0 Å². The molecule has 0 aliphatic rings. The van der Waals surface area contributed by atoms with Crippen molar-refractivity contribution in [3.8, 4) is 5.88 Å². The van der Waals surface area contributed by atoms with E-state index in [1.54, 1.807) is 0 Å². The number of carbonyl (C=O) groups excluding carboxylic acids is 1. The van der Waals surface area contributed by atoms with Crippen LogP contribution in [0.25, 0.3) is 4.85 Å². The van der Waals surface area contributed by atoms with Crippen LogP contribution < -0.4 is 5.69 Å². The summed E-state index contributed by atoms with van der Waals surface area (Å²) >= 11 is 0. The van der Waals surface area contributed by atoms with Crippen LogP contribution in [0.2, 0.25) is 0 Å². The molecule has 7 nitrogen and oxygen atoms in total. The average Bonchev–Trinajstić information content (AvgIpc) is 2.83. The van der Waals surface area contributed by atoms with Gasteiger partial charge in [-0.15, -0.1) is 0 Å². The standard InChI is InChI=1S/C18H29N3O4/c1-4-5-6-7-8-9-10-11-12-25-17(23)15(19-2)13-21-16(22)14-20(3)18(21)24/h14-15,22H,4-13H2,1,3H3. The van der Waals surface area contributed by atoms with Gasteiger partial charge in [0.15, 0.2) is 0 Å². The smallest absolute Gasteiger partial charge is 0.392 e. The van der Waals surface area contributed by atoms with Gasteiger partial charge < -0.3 is 9.84 Å². The average molecular weight is 351 g/mol. The summed E-state index contributed by atoms with van der Waals surface area (Å²) in [6, 6.07) is -1.12. The van der Waals surface area contributed by atoms with Crippen LogP contribution in [0, 0.1) is 6.57 Å². The predicted molar refractivity (Wildman–Crippen MR) is 95.3 cm³/mol. The third-order valence-electron chi connectivity index (χ3n) is 4.14. The first-order chi connectivity index (χ1) is 12.0. The van der Waals surface area contributed by atoms with Crippen molar-refractivity contribution in [1.82, 2.24) is 9.13 Å². The molecule has 0 aromatic carbocycles. The molecule has 0 bridgehead atoms. The van der Waals surface area contributed by atoms with Crippen molar-refractivity contribution in [3.05, 3.63) is 28.1 Å². The number of hydrogen-bond donors (Lipinski definition) is 1. The number of nitrogens with zero attached hydrogens (tertiary/aromatic N) is 3. The van der Waals surface area contributed by atoms with Gasteiger partial charge in [-0.2, -0.15) is 0 Å². The lowest BCUT2D eigenvalue weighted by Crippen LogP contribution is -2.31. The highest BCUT2D eigenvalue weighted by molar-refractivity contribution is 5.77. The fourth-order valence-electron chi connectivity index (χ4n) is 2.60. The van der Waals surface area contributed by atoms with Gasteiger partial charge in [0, 0.05) is 7.05 Å². The molecule has 1 aromatic rings. The molecule has 1 atom stereocenters. The van der Waals surface area contributed by atoms with Crippen LogP contribution in [0.3, 0.4) is 0 Å². The molecule has 1 unspecified atom stereocenters. The number of imidazole rings is 1. The van der Waals surface area contributed by atoms with Crippen molar-refractivity contribution in [1.29, 1.82) is 0 Å². The molecule has 0 aliphatic heterocycles. The van der Waals surface area contributed by atoms with Gasteiger partial charge >= 0.3 is 17.7 Å². The monoisotopic (exact) mass is 351 g/mol. The highest BCUT2D eigenvalue weighted by Crippen LogP contribution is 2.10. The van der Waals surface area contributed by atoms with Gasteiger partial charge in [-0.1, -0.05) is 51.9 Å². The number of hydrogen-bond acceptors (Lipinski definition) is 4. The van der Waals surface area contributed by atoms with Crippen LogP contribution in [0.4, 0.5) is 0 Å². The van der Waals surface area contributed by atoms with Crippen LogP contribution in [0.5, 0.6) is 5.88 Å². The first-order valence-electron chi connectivity index (χ1n) is 8.99. The summed E-state index contributed by atoms with van der Waals surface area (Å²) in [6.07, 6.45) is 10.4. The molecule has 0 spiro atoms. The van der Waals surface area contributed by atoms with E-state index >= 15 is 0 Å². The Morgan fingerprint density at radius 1 is 1.24 bits per heavy atom. The molecule has 140 valence electrons. The van der Waals surface area contributed by atoms with Gasteiger partial charge in [-0.25, -0.2) is 16.2 Å². The fraction of sp³-hybridized carbons (Fsp3) is 0.722. The van der Waals surface area contributed by atoms with E-state index in [1.165, 1.54) is 49.9 Å². The van der Waals surface area contributed by atoms with E-state index in [0.717, 1.165) is 23.8 Å². The number of aromatic nitrogens is 2. The van der Waals surface area contributed by atoms with E-state index in [1.807, 2.05) is 0 Å². The summed E-state index contributed by atoms with van der Waals surface area (Å²) in [7, 11) is 1.49. The normalized spacial score (nSPS) is 11.9. The maximum absolute atomic E-state index is 12.0. The van der Waals surface area contributed by atoms with Crippen LogP contribution in [-0.2, 0) is 23.1 Å². The molecular weight excluding hydrogens is 322 g/mol. The minimum atomic E-state index is -1.12.